The SMILES string of the molecule is Cc1nccc(CNC(=O)NCC[C@H](O)C(=O)O)n1. The second kappa shape index (κ2) is 7.27. The first-order valence-electron chi connectivity index (χ1n) is 5.70. The Bertz CT molecular complexity index is 452. The smallest absolute Gasteiger partial charge is 0.332 e. The van der Waals surface area contributed by atoms with Gasteiger partial charge in [0.1, 0.15) is 5.82 Å². The van der Waals surface area contributed by atoms with E-state index in [9.17, 15) is 9.59 Å². The quantitative estimate of drug-likeness (QED) is 0.547. The first-order valence-corrected chi connectivity index (χ1v) is 5.70. The van der Waals surface area contributed by atoms with Gasteiger partial charge in [0.25, 0.3) is 0 Å². The fourth-order valence-corrected chi connectivity index (χ4v) is 1.28. The van der Waals surface area contributed by atoms with E-state index in [0.717, 1.165) is 0 Å². The number of carbonyl (C=O) groups excluding carboxylic acids is 1. The number of nitrogens with zero attached hydrogens (tertiary/aromatic N) is 2. The van der Waals surface area contributed by atoms with Crippen LogP contribution in [0.1, 0.15) is 17.9 Å². The molecule has 4 N–H and O–H groups in total. The number of rotatable bonds is 6. The number of carboxylic acids is 1. The zero-order valence-corrected chi connectivity index (χ0v) is 10.5. The summed E-state index contributed by atoms with van der Waals surface area (Å²) in [4.78, 5) is 29.7. The van der Waals surface area contributed by atoms with Crippen molar-refractivity contribution in [2.45, 2.75) is 26.0 Å². The Balaban J connectivity index is 2.23. The standard InChI is InChI=1S/C11H16N4O4/c1-7-12-4-2-8(15-7)6-14-11(19)13-5-3-9(16)10(17)18/h2,4,9,16H,3,5-6H2,1H3,(H,17,18)(H2,13,14,19)/t9-/m0/s1. The zero-order valence-electron chi connectivity index (χ0n) is 10.5. The maximum atomic E-state index is 11.4. The average Bonchev–Trinajstić information content (AvgIpc) is 2.36. The molecule has 0 aliphatic carbocycles. The van der Waals surface area contributed by atoms with E-state index < -0.39 is 18.1 Å². The van der Waals surface area contributed by atoms with Crippen LogP contribution in [-0.4, -0.2) is 44.8 Å². The summed E-state index contributed by atoms with van der Waals surface area (Å²) in [5, 5.41) is 22.4. The van der Waals surface area contributed by atoms with Crippen LogP contribution in [0.2, 0.25) is 0 Å². The highest BCUT2D eigenvalue weighted by atomic mass is 16.4. The summed E-state index contributed by atoms with van der Waals surface area (Å²) in [5.41, 5.74) is 0.674. The van der Waals surface area contributed by atoms with E-state index in [2.05, 4.69) is 20.6 Å². The average molecular weight is 268 g/mol. The van der Waals surface area contributed by atoms with E-state index in [0.29, 0.717) is 11.5 Å². The van der Waals surface area contributed by atoms with Crippen molar-refractivity contribution in [3.63, 3.8) is 0 Å². The molecule has 0 fully saturated rings. The van der Waals surface area contributed by atoms with Gasteiger partial charge in [0.15, 0.2) is 6.10 Å². The molecular formula is C11H16N4O4. The second-order valence-corrected chi connectivity index (χ2v) is 3.85. The number of aromatic nitrogens is 2. The fraction of sp³-hybridized carbons (Fsp3) is 0.455. The molecule has 0 saturated carbocycles. The lowest BCUT2D eigenvalue weighted by Gasteiger charge is -2.08. The van der Waals surface area contributed by atoms with Gasteiger partial charge in [0, 0.05) is 19.2 Å². The Kier molecular flexibility index (Phi) is 5.68. The lowest BCUT2D eigenvalue weighted by atomic mass is 10.2. The lowest BCUT2D eigenvalue weighted by molar-refractivity contribution is -0.146. The number of carboxylic acid groups (broad SMARTS) is 1. The molecule has 0 saturated heterocycles. The Morgan fingerprint density at radius 3 is 2.79 bits per heavy atom. The first-order chi connectivity index (χ1) is 8.99. The molecule has 0 aliphatic rings. The molecule has 0 bridgehead atoms. The van der Waals surface area contributed by atoms with Gasteiger partial charge in [-0.3, -0.25) is 0 Å². The molecule has 1 aromatic heterocycles. The number of urea groups is 1. The Morgan fingerprint density at radius 1 is 1.42 bits per heavy atom. The normalized spacial score (nSPS) is 11.7. The van der Waals surface area contributed by atoms with Crippen molar-refractivity contribution < 1.29 is 19.8 Å². The molecule has 0 aliphatic heterocycles. The number of nitrogens with one attached hydrogen (secondary N) is 2. The third-order valence-electron chi connectivity index (χ3n) is 2.25. The number of carbonyl (C=O) groups is 2. The predicted octanol–water partition coefficient (Wildman–Crippen LogP) is -0.580. The minimum absolute atomic E-state index is 0.0463. The fourth-order valence-electron chi connectivity index (χ4n) is 1.28. The first kappa shape index (κ1) is 14.8. The number of aliphatic carboxylic acids is 1. The van der Waals surface area contributed by atoms with Gasteiger partial charge in [-0.05, 0) is 13.0 Å². The number of aliphatic hydroxyl groups is 1. The summed E-state index contributed by atoms with van der Waals surface area (Å²) in [6.45, 7) is 2.07. The number of aliphatic hydroxyl groups excluding tert-OH is 1. The molecule has 19 heavy (non-hydrogen) atoms. The Labute approximate surface area is 109 Å². The van der Waals surface area contributed by atoms with Crippen molar-refractivity contribution in [2.75, 3.05) is 6.54 Å². The van der Waals surface area contributed by atoms with Gasteiger partial charge >= 0.3 is 12.0 Å². The van der Waals surface area contributed by atoms with Gasteiger partial charge in [0.05, 0.1) is 12.2 Å². The minimum atomic E-state index is -1.47. The van der Waals surface area contributed by atoms with Crippen LogP contribution in [0.4, 0.5) is 4.79 Å². The number of amides is 2. The summed E-state index contributed by atoms with van der Waals surface area (Å²) < 4.78 is 0. The maximum Gasteiger partial charge on any atom is 0.332 e. The van der Waals surface area contributed by atoms with Crippen molar-refractivity contribution in [1.29, 1.82) is 0 Å². The Morgan fingerprint density at radius 2 is 2.16 bits per heavy atom. The number of aryl methyl sites for hydroxylation is 1. The van der Waals surface area contributed by atoms with Crippen LogP contribution in [0.5, 0.6) is 0 Å². The van der Waals surface area contributed by atoms with Gasteiger partial charge in [-0.1, -0.05) is 0 Å². The molecule has 1 atom stereocenters. The number of hydrogen-bond donors (Lipinski definition) is 4. The van der Waals surface area contributed by atoms with Crippen molar-refractivity contribution >= 4 is 12.0 Å². The minimum Gasteiger partial charge on any atom is -0.479 e. The van der Waals surface area contributed by atoms with E-state index >= 15 is 0 Å². The van der Waals surface area contributed by atoms with E-state index in [1.54, 1.807) is 19.2 Å². The highest BCUT2D eigenvalue weighted by Crippen LogP contribution is 1.94. The van der Waals surface area contributed by atoms with Crippen LogP contribution in [0.15, 0.2) is 12.3 Å². The molecule has 0 spiro atoms. The van der Waals surface area contributed by atoms with Crippen LogP contribution >= 0.6 is 0 Å². The van der Waals surface area contributed by atoms with Crippen molar-refractivity contribution in [3.8, 4) is 0 Å². The van der Waals surface area contributed by atoms with E-state index in [1.165, 1.54) is 0 Å². The monoisotopic (exact) mass is 268 g/mol. The lowest BCUT2D eigenvalue weighted by Crippen LogP contribution is -2.37. The van der Waals surface area contributed by atoms with E-state index in [4.69, 9.17) is 10.2 Å². The molecule has 8 nitrogen and oxygen atoms in total. The van der Waals surface area contributed by atoms with Gasteiger partial charge in [0.2, 0.25) is 0 Å². The van der Waals surface area contributed by atoms with E-state index in [-0.39, 0.29) is 19.5 Å². The van der Waals surface area contributed by atoms with Crippen LogP contribution in [0.3, 0.4) is 0 Å². The molecule has 0 aromatic carbocycles. The molecule has 0 unspecified atom stereocenters. The predicted molar refractivity (Wildman–Crippen MR) is 65.3 cm³/mol. The molecule has 104 valence electrons. The van der Waals surface area contributed by atoms with Gasteiger partial charge < -0.3 is 20.8 Å². The van der Waals surface area contributed by atoms with Crippen LogP contribution in [0.25, 0.3) is 0 Å². The molecule has 8 heteroatoms. The van der Waals surface area contributed by atoms with Gasteiger partial charge in [-0.25, -0.2) is 19.6 Å². The van der Waals surface area contributed by atoms with Crippen LogP contribution in [-0.2, 0) is 11.3 Å². The number of hydrogen-bond acceptors (Lipinski definition) is 5. The highest BCUT2D eigenvalue weighted by Gasteiger charge is 2.12. The van der Waals surface area contributed by atoms with Gasteiger partial charge in [-0.15, -0.1) is 0 Å². The topological polar surface area (TPSA) is 124 Å². The maximum absolute atomic E-state index is 11.4. The molecule has 1 rings (SSSR count). The summed E-state index contributed by atoms with van der Waals surface area (Å²) in [7, 11) is 0. The molecule has 2 amide bonds. The summed E-state index contributed by atoms with van der Waals surface area (Å²) >= 11 is 0. The largest absolute Gasteiger partial charge is 0.479 e. The summed E-state index contributed by atoms with van der Waals surface area (Å²) in [5.74, 6) is -0.692. The third kappa shape index (κ3) is 5.77. The molecular weight excluding hydrogens is 252 g/mol. The highest BCUT2D eigenvalue weighted by molar-refractivity contribution is 5.74. The van der Waals surface area contributed by atoms with Crippen LogP contribution in [0, 0.1) is 6.92 Å². The third-order valence-corrected chi connectivity index (χ3v) is 2.25. The van der Waals surface area contributed by atoms with Crippen molar-refractivity contribution in [1.82, 2.24) is 20.6 Å². The Hall–Kier alpha value is -2.22. The summed E-state index contributed by atoms with van der Waals surface area (Å²) in [6.07, 6.45) is 0.0837. The molecule has 1 heterocycles. The van der Waals surface area contributed by atoms with E-state index in [1.807, 2.05) is 0 Å². The second-order valence-electron chi connectivity index (χ2n) is 3.85. The molecule has 0 radical (unpaired) electrons. The summed E-state index contributed by atoms with van der Waals surface area (Å²) in [6, 6.07) is 1.23. The van der Waals surface area contributed by atoms with Crippen molar-refractivity contribution in [2.24, 2.45) is 0 Å². The van der Waals surface area contributed by atoms with Gasteiger partial charge in [-0.2, -0.15) is 0 Å². The molecule has 1 aromatic rings. The zero-order chi connectivity index (χ0) is 14.3. The van der Waals surface area contributed by atoms with Crippen molar-refractivity contribution in [3.05, 3.63) is 23.8 Å². The van der Waals surface area contributed by atoms with Crippen LogP contribution < -0.4 is 10.6 Å².